The molecule has 0 bridgehead atoms. The summed E-state index contributed by atoms with van der Waals surface area (Å²) in [5, 5.41) is 3.07. The van der Waals surface area contributed by atoms with Crippen molar-refractivity contribution in [3.05, 3.63) is 64.2 Å². The summed E-state index contributed by atoms with van der Waals surface area (Å²) in [4.78, 5) is 17.5. The average Bonchev–Trinajstić information content (AvgIpc) is 2.69. The maximum Gasteiger partial charge on any atom is 0.266 e. The Morgan fingerprint density at radius 2 is 1.93 bits per heavy atom. The molecule has 156 valence electrons. The van der Waals surface area contributed by atoms with Crippen LogP contribution >= 0.6 is 11.6 Å². The Balaban J connectivity index is 1.90. The number of hydrogen-bond acceptors (Lipinski definition) is 4. The fraction of sp³-hybridized carbons (Fsp3) is 0.381. The van der Waals surface area contributed by atoms with Crippen molar-refractivity contribution in [3.63, 3.8) is 0 Å². The summed E-state index contributed by atoms with van der Waals surface area (Å²) < 4.78 is 25.8. The van der Waals surface area contributed by atoms with Gasteiger partial charge in [0, 0.05) is 12.6 Å². The van der Waals surface area contributed by atoms with E-state index in [4.69, 9.17) is 16.4 Å². The van der Waals surface area contributed by atoms with Crippen molar-refractivity contribution in [1.82, 2.24) is 9.79 Å². The topological polar surface area (TPSA) is 75.7 Å². The maximum atomic E-state index is 12.9. The number of nitrogens with one attached hydrogen (secondary N) is 1. The lowest BCUT2D eigenvalue weighted by Crippen LogP contribution is -2.35. The maximum absolute atomic E-state index is 12.9. The van der Waals surface area contributed by atoms with Gasteiger partial charge >= 0.3 is 0 Å². The van der Waals surface area contributed by atoms with Gasteiger partial charge in [-0.15, -0.1) is 0 Å². The molecule has 3 rings (SSSR count). The lowest BCUT2D eigenvalue weighted by Gasteiger charge is -2.37. The number of fused-ring (bicyclic) bond motifs is 1. The van der Waals surface area contributed by atoms with Gasteiger partial charge in [0.05, 0.1) is 18.2 Å². The number of hydrogen-bond donors (Lipinski definition) is 1. The second kappa shape index (κ2) is 8.07. The van der Waals surface area contributed by atoms with Gasteiger partial charge in [-0.1, -0.05) is 54.2 Å². The predicted octanol–water partition coefficient (Wildman–Crippen LogP) is 4.06. The molecule has 1 unspecified atom stereocenters. The molecule has 0 heterocycles. The minimum Gasteiger partial charge on any atom is -0.345 e. The van der Waals surface area contributed by atoms with Crippen LogP contribution in [0.15, 0.2) is 47.4 Å². The molecule has 0 spiro atoms. The first-order valence-corrected chi connectivity index (χ1v) is 11.1. The Labute approximate surface area is 176 Å². The van der Waals surface area contributed by atoms with Crippen molar-refractivity contribution < 1.29 is 18.0 Å². The lowest BCUT2D eigenvalue weighted by molar-refractivity contribution is -0.0258. The molecule has 1 aliphatic rings. The van der Waals surface area contributed by atoms with Gasteiger partial charge in [-0.05, 0) is 47.6 Å². The normalized spacial score (nSPS) is 18.3. The standard InChI is InChI=1S/C21H25ClN2O4S/c1-21(2)12-11-18(15-7-5-6-8-16(15)21)23-20(25)14-9-10-17(22)19(13-14)29(26,27)24(3)28-4/h5-10,13,18H,11-12H2,1-4H3,(H,23,25). The van der Waals surface area contributed by atoms with Crippen molar-refractivity contribution in [2.75, 3.05) is 14.2 Å². The van der Waals surface area contributed by atoms with Crippen LogP contribution in [0.1, 0.15) is 54.2 Å². The minimum absolute atomic E-state index is 0.0233. The second-order valence-electron chi connectivity index (χ2n) is 7.78. The molecular weight excluding hydrogens is 412 g/mol. The number of carbonyl (C=O) groups excluding carboxylic acids is 1. The Bertz CT molecular complexity index is 1040. The van der Waals surface area contributed by atoms with E-state index in [1.54, 1.807) is 0 Å². The highest BCUT2D eigenvalue weighted by molar-refractivity contribution is 7.89. The van der Waals surface area contributed by atoms with E-state index in [0.29, 0.717) is 4.47 Å². The van der Waals surface area contributed by atoms with Crippen LogP contribution in [0.3, 0.4) is 0 Å². The van der Waals surface area contributed by atoms with Crippen LogP contribution in [0.2, 0.25) is 5.02 Å². The summed E-state index contributed by atoms with van der Waals surface area (Å²) in [5.74, 6) is -0.349. The van der Waals surface area contributed by atoms with Gasteiger partial charge in [-0.25, -0.2) is 8.42 Å². The third kappa shape index (κ3) is 4.19. The van der Waals surface area contributed by atoms with Crippen LogP contribution in [0.25, 0.3) is 0 Å². The van der Waals surface area contributed by atoms with Crippen molar-refractivity contribution in [2.45, 2.75) is 43.0 Å². The van der Waals surface area contributed by atoms with Crippen molar-refractivity contribution in [2.24, 2.45) is 0 Å². The Morgan fingerprint density at radius 3 is 2.62 bits per heavy atom. The molecule has 1 aliphatic carbocycles. The van der Waals surface area contributed by atoms with Gasteiger partial charge in [0.25, 0.3) is 15.9 Å². The molecule has 6 nitrogen and oxygen atoms in total. The number of carbonyl (C=O) groups is 1. The van der Waals surface area contributed by atoms with E-state index < -0.39 is 10.0 Å². The third-order valence-electron chi connectivity index (χ3n) is 5.50. The van der Waals surface area contributed by atoms with E-state index in [2.05, 4.69) is 25.2 Å². The molecule has 8 heteroatoms. The first-order valence-electron chi connectivity index (χ1n) is 9.31. The van der Waals surface area contributed by atoms with Crippen LogP contribution in [-0.2, 0) is 20.3 Å². The van der Waals surface area contributed by atoms with Crippen molar-refractivity contribution >= 4 is 27.5 Å². The predicted molar refractivity (Wildman–Crippen MR) is 112 cm³/mol. The highest BCUT2D eigenvalue weighted by atomic mass is 35.5. The lowest BCUT2D eigenvalue weighted by atomic mass is 9.71. The SMILES string of the molecule is CON(C)S(=O)(=O)c1cc(C(=O)NC2CCC(C)(C)c3ccccc32)ccc1Cl. The highest BCUT2D eigenvalue weighted by Crippen LogP contribution is 2.41. The Hall–Kier alpha value is -1.93. The number of hydroxylamine groups is 1. The molecule has 1 amide bonds. The average molecular weight is 437 g/mol. The van der Waals surface area contributed by atoms with Gasteiger partial charge in [0.15, 0.2) is 0 Å². The van der Waals surface area contributed by atoms with Gasteiger partial charge in [0.2, 0.25) is 0 Å². The first kappa shape index (κ1) is 21.8. The van der Waals surface area contributed by atoms with Gasteiger partial charge < -0.3 is 5.32 Å². The quantitative estimate of drug-likeness (QED) is 0.717. The largest absolute Gasteiger partial charge is 0.345 e. The Kier molecular flexibility index (Phi) is 6.06. The molecule has 29 heavy (non-hydrogen) atoms. The number of halogens is 1. The monoisotopic (exact) mass is 436 g/mol. The molecule has 2 aromatic carbocycles. The fourth-order valence-corrected chi connectivity index (χ4v) is 5.16. The number of sulfonamides is 1. The summed E-state index contributed by atoms with van der Waals surface area (Å²) in [6.45, 7) is 4.40. The van der Waals surface area contributed by atoms with Crippen LogP contribution < -0.4 is 5.32 Å². The van der Waals surface area contributed by atoms with Gasteiger partial charge in [-0.2, -0.15) is 0 Å². The van der Waals surface area contributed by atoms with Crippen LogP contribution in [0.5, 0.6) is 0 Å². The van der Waals surface area contributed by atoms with E-state index >= 15 is 0 Å². The first-order chi connectivity index (χ1) is 13.6. The summed E-state index contributed by atoms with van der Waals surface area (Å²) in [5.41, 5.74) is 2.58. The summed E-state index contributed by atoms with van der Waals surface area (Å²) >= 11 is 6.08. The molecule has 0 aromatic heterocycles. The molecule has 1 N–H and O–H groups in total. The van der Waals surface area contributed by atoms with Crippen LogP contribution in [0.4, 0.5) is 0 Å². The van der Waals surface area contributed by atoms with Gasteiger partial charge in [-0.3, -0.25) is 9.63 Å². The summed E-state index contributed by atoms with van der Waals surface area (Å²) in [6, 6.07) is 12.2. The molecule has 2 aromatic rings. The molecular formula is C21H25ClN2O4S. The molecule has 0 saturated carbocycles. The van der Waals surface area contributed by atoms with E-state index in [9.17, 15) is 13.2 Å². The second-order valence-corrected chi connectivity index (χ2v) is 10.1. The minimum atomic E-state index is -3.97. The number of rotatable bonds is 5. The molecule has 1 atom stereocenters. The zero-order valence-corrected chi connectivity index (χ0v) is 18.5. The molecule has 0 fully saturated rings. The highest BCUT2D eigenvalue weighted by Gasteiger charge is 2.33. The van der Waals surface area contributed by atoms with Crippen LogP contribution in [-0.4, -0.2) is 33.0 Å². The van der Waals surface area contributed by atoms with Crippen molar-refractivity contribution in [3.8, 4) is 0 Å². The number of nitrogens with zero attached hydrogens (tertiary/aromatic N) is 1. The van der Waals surface area contributed by atoms with E-state index in [1.807, 2.05) is 18.2 Å². The van der Waals surface area contributed by atoms with E-state index in [1.165, 1.54) is 37.9 Å². The smallest absolute Gasteiger partial charge is 0.266 e. The van der Waals surface area contributed by atoms with Crippen LogP contribution in [0, 0.1) is 0 Å². The molecule has 0 saturated heterocycles. The zero-order chi connectivity index (χ0) is 21.4. The Morgan fingerprint density at radius 1 is 1.24 bits per heavy atom. The zero-order valence-electron chi connectivity index (χ0n) is 16.9. The van der Waals surface area contributed by atoms with E-state index in [0.717, 1.165) is 18.4 Å². The fourth-order valence-electron chi connectivity index (χ4n) is 3.68. The third-order valence-corrected chi connectivity index (χ3v) is 7.66. The number of amides is 1. The van der Waals surface area contributed by atoms with E-state index in [-0.39, 0.29) is 32.8 Å². The summed E-state index contributed by atoms with van der Waals surface area (Å²) in [6.07, 6.45) is 1.74. The number of benzene rings is 2. The van der Waals surface area contributed by atoms with Gasteiger partial charge in [0.1, 0.15) is 4.90 Å². The molecule has 0 radical (unpaired) electrons. The molecule has 0 aliphatic heterocycles. The summed E-state index contributed by atoms with van der Waals surface area (Å²) in [7, 11) is -1.47. The van der Waals surface area contributed by atoms with Crippen molar-refractivity contribution in [1.29, 1.82) is 0 Å².